The monoisotopic (exact) mass is 302 g/mol. The fraction of sp³-hybridized carbons (Fsp3) is 0.417. The summed E-state index contributed by atoms with van der Waals surface area (Å²) in [6.07, 6.45) is 0.508. The molecule has 1 aliphatic rings. The Morgan fingerprint density at radius 1 is 1.53 bits per heavy atom. The van der Waals surface area contributed by atoms with E-state index < -0.39 is 21.2 Å². The quantitative estimate of drug-likeness (QED) is 0.827. The highest BCUT2D eigenvalue weighted by Crippen LogP contribution is 2.28. The molecule has 19 heavy (non-hydrogen) atoms. The molecule has 0 aromatic heterocycles. The summed E-state index contributed by atoms with van der Waals surface area (Å²) in [6.45, 7) is 1.82. The van der Waals surface area contributed by atoms with Gasteiger partial charge in [-0.25, -0.2) is 12.8 Å². The van der Waals surface area contributed by atoms with Crippen LogP contribution in [0.2, 0.25) is 0 Å². The normalized spacial score (nSPS) is 25.2. The molecule has 0 spiro atoms. The van der Waals surface area contributed by atoms with E-state index in [-0.39, 0.29) is 22.1 Å². The van der Waals surface area contributed by atoms with Crippen LogP contribution in [-0.4, -0.2) is 30.5 Å². The van der Waals surface area contributed by atoms with Gasteiger partial charge in [0, 0.05) is 16.8 Å². The number of benzene rings is 1. The summed E-state index contributed by atoms with van der Waals surface area (Å²) in [5, 5.41) is 3.08. The molecular formula is C12H15FN2O2S2. The van der Waals surface area contributed by atoms with Crippen molar-refractivity contribution in [2.24, 2.45) is 5.73 Å². The molecule has 0 radical (unpaired) electrons. The van der Waals surface area contributed by atoms with Gasteiger partial charge in [0.2, 0.25) is 0 Å². The van der Waals surface area contributed by atoms with E-state index >= 15 is 0 Å². The molecule has 1 aromatic rings. The largest absolute Gasteiger partial charge is 0.389 e. The van der Waals surface area contributed by atoms with E-state index in [0.29, 0.717) is 12.1 Å². The second kappa shape index (κ2) is 4.72. The highest BCUT2D eigenvalue weighted by atomic mass is 32.2. The third kappa shape index (κ3) is 3.22. The number of hydrogen-bond acceptors (Lipinski definition) is 4. The number of hydrogen-bond donors (Lipinski definition) is 2. The average Bonchev–Trinajstić information content (AvgIpc) is 2.52. The van der Waals surface area contributed by atoms with Crippen molar-refractivity contribution in [3.05, 3.63) is 29.6 Å². The van der Waals surface area contributed by atoms with Crippen LogP contribution in [0.25, 0.3) is 0 Å². The van der Waals surface area contributed by atoms with Crippen molar-refractivity contribution in [2.75, 3.05) is 16.8 Å². The van der Waals surface area contributed by atoms with Crippen LogP contribution in [0.5, 0.6) is 0 Å². The molecule has 0 bridgehead atoms. The van der Waals surface area contributed by atoms with Crippen LogP contribution in [0.3, 0.4) is 0 Å². The van der Waals surface area contributed by atoms with Crippen LogP contribution in [-0.2, 0) is 9.84 Å². The second-order valence-electron chi connectivity index (χ2n) is 5.09. The zero-order chi connectivity index (χ0) is 14.3. The zero-order valence-electron chi connectivity index (χ0n) is 10.4. The second-order valence-corrected chi connectivity index (χ2v) is 7.71. The summed E-state index contributed by atoms with van der Waals surface area (Å²) in [7, 11) is -3.00. The van der Waals surface area contributed by atoms with Gasteiger partial charge in [0.15, 0.2) is 9.84 Å². The van der Waals surface area contributed by atoms with Gasteiger partial charge in [-0.15, -0.1) is 0 Å². The minimum atomic E-state index is -3.00. The van der Waals surface area contributed by atoms with E-state index in [4.69, 9.17) is 18.0 Å². The van der Waals surface area contributed by atoms with E-state index in [1.54, 1.807) is 6.07 Å². The fourth-order valence-electron chi connectivity index (χ4n) is 2.25. The van der Waals surface area contributed by atoms with Crippen LogP contribution in [0.4, 0.5) is 10.1 Å². The zero-order valence-corrected chi connectivity index (χ0v) is 12.1. The van der Waals surface area contributed by atoms with Crippen LogP contribution in [0, 0.1) is 5.82 Å². The molecule has 1 heterocycles. The molecule has 1 unspecified atom stereocenters. The molecule has 1 saturated heterocycles. The number of anilines is 1. The van der Waals surface area contributed by atoms with Gasteiger partial charge in [-0.2, -0.15) is 0 Å². The highest BCUT2D eigenvalue weighted by molar-refractivity contribution is 7.91. The number of thiocarbonyl (C=S) groups is 1. The van der Waals surface area contributed by atoms with Crippen molar-refractivity contribution in [3.63, 3.8) is 0 Å². The van der Waals surface area contributed by atoms with Crippen molar-refractivity contribution >= 4 is 32.7 Å². The summed E-state index contributed by atoms with van der Waals surface area (Å²) in [6, 6.07) is 4.42. The first kappa shape index (κ1) is 14.2. The van der Waals surface area contributed by atoms with Gasteiger partial charge in [-0.05, 0) is 31.5 Å². The number of rotatable bonds is 3. The van der Waals surface area contributed by atoms with Gasteiger partial charge in [0.25, 0.3) is 0 Å². The van der Waals surface area contributed by atoms with Crippen LogP contribution in [0.15, 0.2) is 18.2 Å². The first-order valence-electron chi connectivity index (χ1n) is 5.79. The molecule has 1 aromatic carbocycles. The summed E-state index contributed by atoms with van der Waals surface area (Å²) >= 11 is 4.73. The molecule has 1 aliphatic heterocycles. The lowest BCUT2D eigenvalue weighted by Gasteiger charge is -2.25. The molecule has 0 saturated carbocycles. The van der Waals surface area contributed by atoms with Crippen LogP contribution in [0.1, 0.15) is 18.9 Å². The van der Waals surface area contributed by atoms with Crippen molar-refractivity contribution in [1.29, 1.82) is 0 Å². The molecule has 2 rings (SSSR count). The molecule has 0 aliphatic carbocycles. The Morgan fingerprint density at radius 3 is 2.68 bits per heavy atom. The Labute approximate surface area is 117 Å². The Balaban J connectivity index is 2.21. The van der Waals surface area contributed by atoms with Crippen molar-refractivity contribution in [3.8, 4) is 0 Å². The van der Waals surface area contributed by atoms with E-state index in [0.717, 1.165) is 0 Å². The smallest absolute Gasteiger partial charge is 0.152 e. The van der Waals surface area contributed by atoms with Crippen molar-refractivity contribution < 1.29 is 12.8 Å². The molecular weight excluding hydrogens is 287 g/mol. The minimum Gasteiger partial charge on any atom is -0.389 e. The van der Waals surface area contributed by atoms with Gasteiger partial charge in [0.1, 0.15) is 10.8 Å². The number of nitrogens with one attached hydrogen (secondary N) is 1. The molecule has 4 nitrogen and oxygen atoms in total. The highest BCUT2D eigenvalue weighted by Gasteiger charge is 2.38. The molecule has 0 amide bonds. The maximum absolute atomic E-state index is 13.7. The van der Waals surface area contributed by atoms with Gasteiger partial charge in [0.05, 0.1) is 11.5 Å². The van der Waals surface area contributed by atoms with Crippen LogP contribution < -0.4 is 11.1 Å². The molecule has 104 valence electrons. The Kier molecular flexibility index (Phi) is 3.53. The third-order valence-electron chi connectivity index (χ3n) is 3.18. The SMILES string of the molecule is CC1(Nc2ccc(C(N)=S)c(F)c2)CCS(=O)(=O)C1. The van der Waals surface area contributed by atoms with E-state index in [9.17, 15) is 12.8 Å². The van der Waals surface area contributed by atoms with E-state index in [1.165, 1.54) is 12.1 Å². The molecule has 7 heteroatoms. The Hall–Kier alpha value is -1.21. The van der Waals surface area contributed by atoms with Gasteiger partial charge in [-0.1, -0.05) is 12.2 Å². The standard InChI is InChI=1S/C12H15FN2O2S2/c1-12(4-5-19(16,17)7-12)15-8-2-3-9(11(14)18)10(13)6-8/h2-3,6,15H,4-5,7H2,1H3,(H2,14,18). The maximum atomic E-state index is 13.7. The first-order chi connectivity index (χ1) is 8.71. The Bertz CT molecular complexity index is 631. The summed E-state index contributed by atoms with van der Waals surface area (Å²) in [5.41, 5.74) is 5.53. The predicted octanol–water partition coefficient (Wildman–Crippen LogP) is 1.45. The Morgan fingerprint density at radius 2 is 2.21 bits per heavy atom. The van der Waals surface area contributed by atoms with Gasteiger partial charge in [-0.3, -0.25) is 0 Å². The predicted molar refractivity (Wildman–Crippen MR) is 77.6 cm³/mol. The summed E-state index contributed by atoms with van der Waals surface area (Å²) in [5.74, 6) is -0.301. The summed E-state index contributed by atoms with van der Waals surface area (Å²) < 4.78 is 36.7. The lowest BCUT2D eigenvalue weighted by atomic mass is 10.0. The first-order valence-corrected chi connectivity index (χ1v) is 8.02. The molecule has 1 fully saturated rings. The van der Waals surface area contributed by atoms with Crippen molar-refractivity contribution in [1.82, 2.24) is 0 Å². The average molecular weight is 302 g/mol. The fourth-order valence-corrected chi connectivity index (χ4v) is 4.51. The lowest BCUT2D eigenvalue weighted by Crippen LogP contribution is -2.35. The van der Waals surface area contributed by atoms with E-state index in [1.807, 2.05) is 6.92 Å². The van der Waals surface area contributed by atoms with Crippen LogP contribution >= 0.6 is 12.2 Å². The van der Waals surface area contributed by atoms with Gasteiger partial charge >= 0.3 is 0 Å². The van der Waals surface area contributed by atoms with Crippen molar-refractivity contribution in [2.45, 2.75) is 18.9 Å². The van der Waals surface area contributed by atoms with Gasteiger partial charge < -0.3 is 11.1 Å². The number of sulfone groups is 1. The van der Waals surface area contributed by atoms with E-state index in [2.05, 4.69) is 5.32 Å². The lowest BCUT2D eigenvalue weighted by molar-refractivity contribution is 0.572. The molecule has 3 N–H and O–H groups in total. The minimum absolute atomic E-state index is 0.00120. The molecule has 1 atom stereocenters. The topological polar surface area (TPSA) is 72.2 Å². The number of halogens is 1. The summed E-state index contributed by atoms with van der Waals surface area (Å²) in [4.78, 5) is -0.00120. The number of nitrogens with two attached hydrogens (primary N) is 1. The maximum Gasteiger partial charge on any atom is 0.152 e. The third-order valence-corrected chi connectivity index (χ3v) is 5.31.